The van der Waals surface area contributed by atoms with E-state index in [1.807, 2.05) is 23.6 Å². The molecule has 1 heterocycles. The zero-order valence-corrected chi connectivity index (χ0v) is 14.4. The summed E-state index contributed by atoms with van der Waals surface area (Å²) >= 11 is 5.18. The van der Waals surface area contributed by atoms with E-state index in [2.05, 4.69) is 34.6 Å². The molecule has 23 heavy (non-hydrogen) atoms. The summed E-state index contributed by atoms with van der Waals surface area (Å²) in [5, 5.41) is 9.92. The first-order chi connectivity index (χ1) is 11.0. The third kappa shape index (κ3) is 2.95. The van der Waals surface area contributed by atoms with Gasteiger partial charge < -0.3 is 9.88 Å². The number of hydrogen-bond acceptors (Lipinski definition) is 3. The molecular formula is C17H22N4OS. The molecular weight excluding hydrogens is 308 g/mol. The molecule has 0 spiro atoms. The number of rotatable bonds is 4. The highest BCUT2D eigenvalue weighted by Gasteiger charge is 2.38. The van der Waals surface area contributed by atoms with Crippen molar-refractivity contribution < 1.29 is 4.79 Å². The monoisotopic (exact) mass is 330 g/mol. The van der Waals surface area contributed by atoms with E-state index in [4.69, 9.17) is 12.2 Å². The summed E-state index contributed by atoms with van der Waals surface area (Å²) in [6, 6.07) is 8.29. The first-order valence-electron chi connectivity index (χ1n) is 8.01. The van der Waals surface area contributed by atoms with Crippen molar-refractivity contribution in [2.24, 2.45) is 0 Å². The molecule has 1 aliphatic carbocycles. The van der Waals surface area contributed by atoms with Gasteiger partial charge in [-0.2, -0.15) is 5.10 Å². The summed E-state index contributed by atoms with van der Waals surface area (Å²) in [5.74, 6) is 0.927. The van der Waals surface area contributed by atoms with E-state index in [1.165, 1.54) is 11.1 Å². The first-order valence-corrected chi connectivity index (χ1v) is 8.42. The van der Waals surface area contributed by atoms with Crippen molar-refractivity contribution in [3.63, 3.8) is 0 Å². The lowest BCUT2D eigenvalue weighted by Gasteiger charge is -2.34. The van der Waals surface area contributed by atoms with E-state index in [9.17, 15) is 4.79 Å². The van der Waals surface area contributed by atoms with Crippen molar-refractivity contribution in [1.29, 1.82) is 0 Å². The summed E-state index contributed by atoms with van der Waals surface area (Å²) in [7, 11) is 0. The zero-order valence-electron chi connectivity index (χ0n) is 13.6. The molecule has 0 fully saturated rings. The van der Waals surface area contributed by atoms with Crippen LogP contribution in [0.15, 0.2) is 24.3 Å². The fourth-order valence-corrected chi connectivity index (χ4v) is 3.68. The highest BCUT2D eigenvalue weighted by molar-refractivity contribution is 7.71. The van der Waals surface area contributed by atoms with Gasteiger partial charge in [-0.1, -0.05) is 24.3 Å². The number of aryl methyl sites for hydroxylation is 2. The minimum Gasteiger partial charge on any atom is -0.354 e. The van der Waals surface area contributed by atoms with E-state index in [0.29, 0.717) is 17.9 Å². The van der Waals surface area contributed by atoms with Crippen LogP contribution in [0.1, 0.15) is 36.7 Å². The maximum Gasteiger partial charge on any atom is 0.230 e. The van der Waals surface area contributed by atoms with E-state index < -0.39 is 5.41 Å². The molecule has 0 saturated carbocycles. The third-order valence-electron chi connectivity index (χ3n) is 4.81. The van der Waals surface area contributed by atoms with Gasteiger partial charge in [0.25, 0.3) is 0 Å². The summed E-state index contributed by atoms with van der Waals surface area (Å²) in [6.45, 7) is 5.12. The second-order valence-electron chi connectivity index (χ2n) is 6.33. The van der Waals surface area contributed by atoms with Crippen molar-refractivity contribution in [3.8, 4) is 0 Å². The van der Waals surface area contributed by atoms with Gasteiger partial charge in [-0.25, -0.2) is 0 Å². The number of hydrogen-bond donors (Lipinski definition) is 2. The Balaban J connectivity index is 1.70. The van der Waals surface area contributed by atoms with Crippen LogP contribution in [-0.2, 0) is 23.2 Å². The lowest BCUT2D eigenvalue weighted by molar-refractivity contribution is -0.126. The predicted octanol–water partition coefficient (Wildman–Crippen LogP) is 2.66. The predicted molar refractivity (Wildman–Crippen MR) is 91.9 cm³/mol. The van der Waals surface area contributed by atoms with E-state index in [0.717, 1.165) is 25.1 Å². The largest absolute Gasteiger partial charge is 0.354 e. The number of nitrogens with one attached hydrogen (secondary N) is 2. The summed E-state index contributed by atoms with van der Waals surface area (Å²) in [4.78, 5) is 12.8. The van der Waals surface area contributed by atoms with E-state index in [1.54, 1.807) is 0 Å². The lowest BCUT2D eigenvalue weighted by Crippen LogP contribution is -2.45. The number of benzene rings is 1. The van der Waals surface area contributed by atoms with Gasteiger partial charge in [0, 0.05) is 13.1 Å². The van der Waals surface area contributed by atoms with Crippen molar-refractivity contribution >= 4 is 18.1 Å². The quantitative estimate of drug-likeness (QED) is 0.847. The normalized spacial score (nSPS) is 20.1. The number of carbonyl (C=O) groups excluding carboxylic acids is 1. The van der Waals surface area contributed by atoms with Gasteiger partial charge in [-0.15, -0.1) is 0 Å². The SMILES string of the molecule is Cc1n[nH]c(=S)n1CCNC(=O)C1(C)CCCc2ccccc21. The average molecular weight is 330 g/mol. The molecule has 122 valence electrons. The van der Waals surface area contributed by atoms with Crippen molar-refractivity contribution in [2.45, 2.75) is 45.1 Å². The molecule has 2 aromatic rings. The van der Waals surface area contributed by atoms with Gasteiger partial charge in [0.1, 0.15) is 5.82 Å². The minimum absolute atomic E-state index is 0.0947. The maximum absolute atomic E-state index is 12.8. The number of H-pyrrole nitrogens is 1. The maximum atomic E-state index is 12.8. The van der Waals surface area contributed by atoms with Crippen LogP contribution in [0.4, 0.5) is 0 Å². The standard InChI is InChI=1S/C17H22N4OS/c1-12-19-20-16(23)21(12)11-10-18-15(22)17(2)9-5-7-13-6-3-4-8-14(13)17/h3-4,6,8H,5,7,9-11H2,1-2H3,(H,18,22)(H,20,23). The van der Waals surface area contributed by atoms with E-state index in [-0.39, 0.29) is 5.91 Å². The molecule has 0 aliphatic heterocycles. The Morgan fingerprint density at radius 3 is 3.00 bits per heavy atom. The Labute approximate surface area is 141 Å². The number of fused-ring (bicyclic) bond motifs is 1. The Kier molecular flexibility index (Phi) is 4.35. The second-order valence-corrected chi connectivity index (χ2v) is 6.71. The molecule has 1 aliphatic rings. The molecule has 3 rings (SSSR count). The van der Waals surface area contributed by atoms with Gasteiger partial charge in [0.05, 0.1) is 5.41 Å². The number of carbonyl (C=O) groups is 1. The van der Waals surface area contributed by atoms with Crippen LogP contribution >= 0.6 is 12.2 Å². The highest BCUT2D eigenvalue weighted by atomic mass is 32.1. The number of aromatic nitrogens is 3. The molecule has 1 aromatic heterocycles. The Bertz CT molecular complexity index is 779. The molecule has 0 radical (unpaired) electrons. The summed E-state index contributed by atoms with van der Waals surface area (Å²) in [5.41, 5.74) is 2.02. The molecule has 2 N–H and O–H groups in total. The minimum atomic E-state index is -0.443. The van der Waals surface area contributed by atoms with Crippen LogP contribution in [0.2, 0.25) is 0 Å². The van der Waals surface area contributed by atoms with Gasteiger partial charge in [-0.3, -0.25) is 9.89 Å². The Morgan fingerprint density at radius 2 is 2.26 bits per heavy atom. The Morgan fingerprint density at radius 1 is 1.48 bits per heavy atom. The summed E-state index contributed by atoms with van der Waals surface area (Å²) in [6.07, 6.45) is 3.00. The van der Waals surface area contributed by atoms with Crippen molar-refractivity contribution in [2.75, 3.05) is 6.54 Å². The molecule has 5 nitrogen and oxygen atoms in total. The molecule has 0 saturated heterocycles. The molecule has 1 aromatic carbocycles. The van der Waals surface area contributed by atoms with Gasteiger partial charge in [-0.05, 0) is 56.5 Å². The van der Waals surface area contributed by atoms with Crippen molar-refractivity contribution in [1.82, 2.24) is 20.1 Å². The van der Waals surface area contributed by atoms with Crippen LogP contribution in [0, 0.1) is 11.7 Å². The number of amides is 1. The topological polar surface area (TPSA) is 62.7 Å². The molecule has 1 amide bonds. The molecule has 1 unspecified atom stereocenters. The highest BCUT2D eigenvalue weighted by Crippen LogP contribution is 2.37. The van der Waals surface area contributed by atoms with Crippen LogP contribution < -0.4 is 5.32 Å². The van der Waals surface area contributed by atoms with Gasteiger partial charge >= 0.3 is 0 Å². The van der Waals surface area contributed by atoms with Crippen LogP contribution in [0.25, 0.3) is 0 Å². The first kappa shape index (κ1) is 15.9. The lowest BCUT2D eigenvalue weighted by atomic mass is 9.70. The second kappa shape index (κ2) is 6.28. The number of nitrogens with zero attached hydrogens (tertiary/aromatic N) is 2. The van der Waals surface area contributed by atoms with Crippen LogP contribution in [0.5, 0.6) is 0 Å². The average Bonchev–Trinajstić information content (AvgIpc) is 2.87. The number of aromatic amines is 1. The fraction of sp³-hybridized carbons (Fsp3) is 0.471. The zero-order chi connectivity index (χ0) is 16.4. The molecule has 6 heteroatoms. The fourth-order valence-electron chi connectivity index (χ4n) is 3.42. The van der Waals surface area contributed by atoms with Gasteiger partial charge in [0.2, 0.25) is 5.91 Å². The smallest absolute Gasteiger partial charge is 0.230 e. The Hall–Kier alpha value is -1.95. The summed E-state index contributed by atoms with van der Waals surface area (Å²) < 4.78 is 2.48. The van der Waals surface area contributed by atoms with Crippen LogP contribution in [-0.4, -0.2) is 27.2 Å². The molecule has 1 atom stereocenters. The third-order valence-corrected chi connectivity index (χ3v) is 5.12. The van der Waals surface area contributed by atoms with Crippen molar-refractivity contribution in [3.05, 3.63) is 46.0 Å². The van der Waals surface area contributed by atoms with Gasteiger partial charge in [0.15, 0.2) is 4.77 Å². The van der Waals surface area contributed by atoms with Crippen LogP contribution in [0.3, 0.4) is 0 Å². The molecule has 0 bridgehead atoms. The van der Waals surface area contributed by atoms with E-state index >= 15 is 0 Å².